The molecule has 23 heavy (non-hydrogen) atoms. The highest BCUT2D eigenvalue weighted by molar-refractivity contribution is 5.86. The minimum absolute atomic E-state index is 0.0942. The molecular formula is C19H20N2O2. The summed E-state index contributed by atoms with van der Waals surface area (Å²) in [6.07, 6.45) is 6.44. The minimum Gasteiger partial charge on any atom is -0.343 e. The summed E-state index contributed by atoms with van der Waals surface area (Å²) in [5.74, 6) is -0.690. The molecule has 1 aromatic heterocycles. The Morgan fingerprint density at radius 3 is 2.87 bits per heavy atom. The Labute approximate surface area is 135 Å². The van der Waals surface area contributed by atoms with Crippen molar-refractivity contribution >= 4 is 10.8 Å². The molecule has 2 aromatic carbocycles. The molecule has 3 aromatic rings. The third-order valence-electron chi connectivity index (χ3n) is 4.40. The van der Waals surface area contributed by atoms with Crippen molar-refractivity contribution in [2.24, 2.45) is 0 Å². The number of benzene rings is 2. The number of ether oxygens (including phenoxy) is 2. The van der Waals surface area contributed by atoms with Crippen LogP contribution in [0.15, 0.2) is 61.2 Å². The summed E-state index contributed by atoms with van der Waals surface area (Å²) in [5.41, 5.74) is 1.11. The van der Waals surface area contributed by atoms with Crippen LogP contribution in [0.1, 0.15) is 18.9 Å². The quantitative estimate of drug-likeness (QED) is 0.737. The van der Waals surface area contributed by atoms with E-state index in [2.05, 4.69) is 58.9 Å². The molecule has 4 rings (SSSR count). The maximum Gasteiger partial charge on any atom is 0.197 e. The molecular weight excluding hydrogens is 288 g/mol. The average Bonchev–Trinajstić information content (AvgIpc) is 3.23. The van der Waals surface area contributed by atoms with Crippen LogP contribution in [0.5, 0.6) is 0 Å². The van der Waals surface area contributed by atoms with Crippen molar-refractivity contribution in [3.63, 3.8) is 0 Å². The van der Waals surface area contributed by atoms with Gasteiger partial charge >= 0.3 is 0 Å². The van der Waals surface area contributed by atoms with Gasteiger partial charge in [-0.1, -0.05) is 42.5 Å². The van der Waals surface area contributed by atoms with Gasteiger partial charge in [-0.2, -0.15) is 0 Å². The van der Waals surface area contributed by atoms with E-state index in [9.17, 15) is 0 Å². The second kappa shape index (κ2) is 5.80. The van der Waals surface area contributed by atoms with Gasteiger partial charge in [0.25, 0.3) is 0 Å². The molecule has 1 fully saturated rings. The molecule has 0 radical (unpaired) electrons. The van der Waals surface area contributed by atoms with E-state index in [-0.39, 0.29) is 6.10 Å². The summed E-state index contributed by atoms with van der Waals surface area (Å²) in [5, 5.41) is 2.40. The first-order valence-corrected chi connectivity index (χ1v) is 8.03. The lowest BCUT2D eigenvalue weighted by atomic mass is 9.95. The minimum atomic E-state index is -0.690. The van der Waals surface area contributed by atoms with Crippen molar-refractivity contribution < 1.29 is 9.47 Å². The fourth-order valence-electron chi connectivity index (χ4n) is 3.30. The van der Waals surface area contributed by atoms with Crippen molar-refractivity contribution in [3.8, 4) is 0 Å². The van der Waals surface area contributed by atoms with Gasteiger partial charge in [0.15, 0.2) is 5.79 Å². The number of hydrogen-bond donors (Lipinski definition) is 0. The van der Waals surface area contributed by atoms with Gasteiger partial charge in [-0.15, -0.1) is 0 Å². The maximum atomic E-state index is 6.29. The smallest absolute Gasteiger partial charge is 0.197 e. The summed E-state index contributed by atoms with van der Waals surface area (Å²) in [7, 11) is 0. The van der Waals surface area contributed by atoms with E-state index in [0.29, 0.717) is 6.61 Å². The van der Waals surface area contributed by atoms with Crippen molar-refractivity contribution in [2.45, 2.75) is 31.8 Å². The number of aromatic nitrogens is 2. The fourth-order valence-corrected chi connectivity index (χ4v) is 3.30. The fraction of sp³-hybridized carbons (Fsp3) is 0.316. The van der Waals surface area contributed by atoms with Gasteiger partial charge in [-0.3, -0.25) is 0 Å². The molecule has 1 saturated heterocycles. The third kappa shape index (κ3) is 2.64. The van der Waals surface area contributed by atoms with Gasteiger partial charge in [0.2, 0.25) is 0 Å². The molecule has 0 aliphatic carbocycles. The molecule has 2 unspecified atom stereocenters. The second-order valence-corrected chi connectivity index (χ2v) is 6.07. The Bertz CT molecular complexity index is 795. The molecule has 0 bridgehead atoms. The predicted octanol–water partition coefficient (Wildman–Crippen LogP) is 3.71. The zero-order chi connectivity index (χ0) is 15.7. The van der Waals surface area contributed by atoms with Crippen LogP contribution in [0.25, 0.3) is 10.8 Å². The summed E-state index contributed by atoms with van der Waals surface area (Å²) in [6, 6.07) is 14.7. The second-order valence-electron chi connectivity index (χ2n) is 6.07. The molecule has 2 atom stereocenters. The average molecular weight is 308 g/mol. The van der Waals surface area contributed by atoms with E-state index in [1.165, 1.54) is 10.8 Å². The summed E-state index contributed by atoms with van der Waals surface area (Å²) in [6.45, 7) is 3.48. The van der Waals surface area contributed by atoms with E-state index in [1.807, 2.05) is 12.5 Å². The molecule has 1 aliphatic heterocycles. The Kier molecular flexibility index (Phi) is 3.63. The van der Waals surface area contributed by atoms with Gasteiger partial charge in [0, 0.05) is 30.9 Å². The lowest BCUT2D eigenvalue weighted by Gasteiger charge is -2.30. The normalized spacial score (nSPS) is 24.3. The van der Waals surface area contributed by atoms with E-state index in [4.69, 9.17) is 9.47 Å². The molecule has 4 heteroatoms. The first-order chi connectivity index (χ1) is 11.3. The Balaban J connectivity index is 1.75. The van der Waals surface area contributed by atoms with Gasteiger partial charge in [-0.05, 0) is 17.7 Å². The van der Waals surface area contributed by atoms with Gasteiger partial charge in [0.1, 0.15) is 0 Å². The Hall–Kier alpha value is -2.17. The lowest BCUT2D eigenvalue weighted by Crippen LogP contribution is -2.29. The number of nitrogens with zero attached hydrogens (tertiary/aromatic N) is 2. The molecule has 4 nitrogen and oxygen atoms in total. The number of rotatable bonds is 4. The van der Waals surface area contributed by atoms with Crippen LogP contribution in [0.3, 0.4) is 0 Å². The number of aryl methyl sites for hydroxylation is 1. The highest BCUT2D eigenvalue weighted by Gasteiger charge is 2.42. The number of fused-ring (bicyclic) bond motifs is 1. The molecule has 0 amide bonds. The highest BCUT2D eigenvalue weighted by Crippen LogP contribution is 2.41. The van der Waals surface area contributed by atoms with Crippen LogP contribution >= 0.6 is 0 Å². The first-order valence-electron chi connectivity index (χ1n) is 8.03. The summed E-state index contributed by atoms with van der Waals surface area (Å²) >= 11 is 0. The largest absolute Gasteiger partial charge is 0.343 e. The molecule has 0 N–H and O–H groups in total. The van der Waals surface area contributed by atoms with Gasteiger partial charge in [0.05, 0.1) is 19.0 Å². The molecule has 0 spiro atoms. The first kappa shape index (κ1) is 14.4. The zero-order valence-electron chi connectivity index (χ0n) is 13.2. The van der Waals surface area contributed by atoms with Crippen LogP contribution in [-0.4, -0.2) is 22.3 Å². The summed E-state index contributed by atoms with van der Waals surface area (Å²) < 4.78 is 14.5. The molecule has 1 aliphatic rings. The van der Waals surface area contributed by atoms with E-state index >= 15 is 0 Å². The maximum absolute atomic E-state index is 6.29. The van der Waals surface area contributed by atoms with Crippen molar-refractivity contribution in [3.05, 3.63) is 66.7 Å². The van der Waals surface area contributed by atoms with Crippen molar-refractivity contribution in [2.75, 3.05) is 6.61 Å². The SMILES string of the molecule is CC1COC(CCn2ccnc2)(c2cccc3ccccc23)O1. The summed E-state index contributed by atoms with van der Waals surface area (Å²) in [4.78, 5) is 4.11. The monoisotopic (exact) mass is 308 g/mol. The van der Waals surface area contributed by atoms with Crippen LogP contribution in [0, 0.1) is 0 Å². The van der Waals surface area contributed by atoms with Gasteiger partial charge < -0.3 is 14.0 Å². The molecule has 0 saturated carbocycles. The van der Waals surface area contributed by atoms with E-state index in [0.717, 1.165) is 18.5 Å². The van der Waals surface area contributed by atoms with Crippen LogP contribution in [0.4, 0.5) is 0 Å². The van der Waals surface area contributed by atoms with E-state index in [1.54, 1.807) is 6.20 Å². The molecule has 2 heterocycles. The Morgan fingerprint density at radius 1 is 1.22 bits per heavy atom. The predicted molar refractivity (Wildman–Crippen MR) is 89.0 cm³/mol. The van der Waals surface area contributed by atoms with Crippen molar-refractivity contribution in [1.29, 1.82) is 0 Å². The topological polar surface area (TPSA) is 36.3 Å². The third-order valence-corrected chi connectivity index (χ3v) is 4.40. The lowest BCUT2D eigenvalue weighted by molar-refractivity contribution is -0.180. The zero-order valence-corrected chi connectivity index (χ0v) is 13.2. The van der Waals surface area contributed by atoms with Crippen LogP contribution in [0.2, 0.25) is 0 Å². The van der Waals surface area contributed by atoms with Crippen LogP contribution in [-0.2, 0) is 21.8 Å². The number of imidazole rings is 1. The molecule has 118 valence electrons. The highest BCUT2D eigenvalue weighted by atomic mass is 16.7. The van der Waals surface area contributed by atoms with Gasteiger partial charge in [-0.25, -0.2) is 4.98 Å². The Morgan fingerprint density at radius 2 is 2.09 bits per heavy atom. The standard InChI is InChI=1S/C19H20N2O2/c1-15-13-22-19(23-15,9-11-21-12-10-20-14-21)18-8-4-6-16-5-2-3-7-17(16)18/h2-8,10,12,14-15H,9,11,13H2,1H3. The van der Waals surface area contributed by atoms with Crippen LogP contribution < -0.4 is 0 Å². The van der Waals surface area contributed by atoms with Crippen molar-refractivity contribution in [1.82, 2.24) is 9.55 Å². The number of hydrogen-bond acceptors (Lipinski definition) is 3. The van der Waals surface area contributed by atoms with E-state index < -0.39 is 5.79 Å².